The van der Waals surface area contributed by atoms with Crippen molar-refractivity contribution < 1.29 is 13.9 Å². The molecule has 2 aliphatic rings. The van der Waals surface area contributed by atoms with E-state index < -0.39 is 5.82 Å². The van der Waals surface area contributed by atoms with Gasteiger partial charge < -0.3 is 15.0 Å². The topological polar surface area (TPSA) is 79.7 Å². The van der Waals surface area contributed by atoms with Crippen molar-refractivity contribution in [1.29, 1.82) is 0 Å². The van der Waals surface area contributed by atoms with Crippen molar-refractivity contribution in [3.63, 3.8) is 0 Å². The van der Waals surface area contributed by atoms with Gasteiger partial charge in [-0.15, -0.1) is 0 Å². The standard InChI is InChI=1S/C18H18FN5O2/c1-10(2)26-15-5-11-13(6-12(15)19)23-18(11)14-7-16(22-9-21-14)24-4-3-20-17(25)8-24/h5-7,9-10H,3-4,8H2,1-2H3,(H,20,25). The molecule has 0 saturated carbocycles. The number of nitrogens with one attached hydrogen (secondary N) is 1. The normalized spacial score (nSPS) is 15.9. The zero-order valence-electron chi connectivity index (χ0n) is 14.5. The fourth-order valence-corrected chi connectivity index (χ4v) is 2.98. The molecular weight excluding hydrogens is 337 g/mol. The van der Waals surface area contributed by atoms with Crippen LogP contribution >= 0.6 is 0 Å². The minimum Gasteiger partial charge on any atom is -0.488 e. The summed E-state index contributed by atoms with van der Waals surface area (Å²) in [5.74, 6) is 0.409. The lowest BCUT2D eigenvalue weighted by Gasteiger charge is -2.28. The van der Waals surface area contributed by atoms with Crippen LogP contribution in [0.5, 0.6) is 5.75 Å². The van der Waals surface area contributed by atoms with Crippen LogP contribution in [0.3, 0.4) is 0 Å². The van der Waals surface area contributed by atoms with Crippen LogP contribution in [0.4, 0.5) is 15.9 Å². The van der Waals surface area contributed by atoms with Gasteiger partial charge in [0, 0.05) is 30.8 Å². The lowest BCUT2D eigenvalue weighted by molar-refractivity contribution is -0.120. The van der Waals surface area contributed by atoms with Gasteiger partial charge in [0.05, 0.1) is 29.7 Å². The summed E-state index contributed by atoms with van der Waals surface area (Å²) in [4.78, 5) is 26.4. The molecule has 0 aliphatic carbocycles. The highest BCUT2D eigenvalue weighted by molar-refractivity contribution is 6.21. The molecule has 1 aromatic carbocycles. The second kappa shape index (κ2) is 6.36. The predicted octanol–water partition coefficient (Wildman–Crippen LogP) is 1.82. The Hall–Kier alpha value is -3.03. The fourth-order valence-electron chi connectivity index (χ4n) is 2.98. The zero-order valence-corrected chi connectivity index (χ0v) is 14.5. The van der Waals surface area contributed by atoms with Crippen LogP contribution < -0.4 is 15.0 Å². The van der Waals surface area contributed by atoms with E-state index in [0.29, 0.717) is 36.0 Å². The summed E-state index contributed by atoms with van der Waals surface area (Å²) in [6.07, 6.45) is 1.33. The van der Waals surface area contributed by atoms with Crippen molar-refractivity contribution in [2.75, 3.05) is 24.5 Å². The molecular formula is C18H18FN5O2. The minimum absolute atomic E-state index is 0.0336. The van der Waals surface area contributed by atoms with E-state index in [-0.39, 0.29) is 24.3 Å². The maximum atomic E-state index is 14.0. The number of aliphatic imine (C=N–C) groups is 1. The third-order valence-corrected chi connectivity index (χ3v) is 4.16. The van der Waals surface area contributed by atoms with E-state index in [2.05, 4.69) is 20.3 Å². The molecule has 26 heavy (non-hydrogen) atoms. The predicted molar refractivity (Wildman–Crippen MR) is 94.7 cm³/mol. The monoisotopic (exact) mass is 355 g/mol. The Kier molecular flexibility index (Phi) is 4.02. The van der Waals surface area contributed by atoms with Crippen molar-refractivity contribution in [2.45, 2.75) is 20.0 Å². The lowest BCUT2D eigenvalue weighted by Crippen LogP contribution is -2.48. The van der Waals surface area contributed by atoms with E-state index in [0.717, 1.165) is 5.56 Å². The van der Waals surface area contributed by atoms with Gasteiger partial charge >= 0.3 is 0 Å². The largest absolute Gasteiger partial charge is 0.488 e. The van der Waals surface area contributed by atoms with Gasteiger partial charge in [0.1, 0.15) is 12.1 Å². The second-order valence-corrected chi connectivity index (χ2v) is 6.46. The molecule has 0 bridgehead atoms. The average molecular weight is 355 g/mol. The van der Waals surface area contributed by atoms with Crippen molar-refractivity contribution in [3.8, 4) is 5.75 Å². The van der Waals surface area contributed by atoms with Crippen LogP contribution in [0.2, 0.25) is 0 Å². The van der Waals surface area contributed by atoms with Gasteiger partial charge in [-0.05, 0) is 19.9 Å². The number of anilines is 1. The Bertz CT molecular complexity index is 912. The molecule has 3 heterocycles. The number of nitrogens with zero attached hydrogens (tertiary/aromatic N) is 4. The number of benzene rings is 1. The van der Waals surface area contributed by atoms with Gasteiger partial charge in [0.2, 0.25) is 5.91 Å². The average Bonchev–Trinajstić information content (AvgIpc) is 2.60. The third kappa shape index (κ3) is 2.98. The van der Waals surface area contributed by atoms with Crippen LogP contribution in [-0.2, 0) is 4.79 Å². The van der Waals surface area contributed by atoms with Crippen LogP contribution in [0, 0.1) is 5.82 Å². The summed E-state index contributed by atoms with van der Waals surface area (Å²) in [5.41, 5.74) is 2.67. The van der Waals surface area contributed by atoms with Crippen molar-refractivity contribution in [1.82, 2.24) is 15.3 Å². The van der Waals surface area contributed by atoms with Crippen LogP contribution in [0.15, 0.2) is 29.5 Å². The SMILES string of the molecule is CC(C)Oc1cc2c(cc1F)N=C2c1cc(N2CCNC(=O)C2)ncn1. The molecule has 0 radical (unpaired) electrons. The fraction of sp³-hybridized carbons (Fsp3) is 0.333. The first-order valence-electron chi connectivity index (χ1n) is 8.44. The number of halogens is 1. The second-order valence-electron chi connectivity index (χ2n) is 6.46. The first-order valence-corrected chi connectivity index (χ1v) is 8.44. The molecule has 1 fully saturated rings. The molecule has 7 nitrogen and oxygen atoms in total. The summed E-state index contributed by atoms with van der Waals surface area (Å²) >= 11 is 0. The Morgan fingerprint density at radius 1 is 1.27 bits per heavy atom. The first-order chi connectivity index (χ1) is 12.5. The summed E-state index contributed by atoms with van der Waals surface area (Å²) in [5, 5.41) is 2.78. The zero-order chi connectivity index (χ0) is 18.3. The molecule has 2 aliphatic heterocycles. The van der Waals surface area contributed by atoms with Crippen molar-refractivity contribution in [3.05, 3.63) is 41.6 Å². The van der Waals surface area contributed by atoms with E-state index in [1.54, 1.807) is 12.1 Å². The summed E-state index contributed by atoms with van der Waals surface area (Å²) < 4.78 is 19.5. The summed E-state index contributed by atoms with van der Waals surface area (Å²) in [6, 6.07) is 4.82. The molecule has 0 unspecified atom stereocenters. The molecule has 0 spiro atoms. The Labute approximate surface area is 149 Å². The molecule has 1 amide bonds. The van der Waals surface area contributed by atoms with Crippen molar-refractivity contribution in [2.24, 2.45) is 4.99 Å². The molecule has 134 valence electrons. The number of hydrogen-bond acceptors (Lipinski definition) is 6. The maximum absolute atomic E-state index is 14.0. The highest BCUT2D eigenvalue weighted by atomic mass is 19.1. The molecule has 1 aromatic heterocycles. The minimum atomic E-state index is -0.428. The van der Waals surface area contributed by atoms with E-state index in [1.165, 1.54) is 12.4 Å². The molecule has 2 aromatic rings. The first kappa shape index (κ1) is 16.4. The number of piperazine rings is 1. The quantitative estimate of drug-likeness (QED) is 0.772. The number of amides is 1. The molecule has 4 rings (SSSR count). The Morgan fingerprint density at radius 3 is 2.88 bits per heavy atom. The van der Waals surface area contributed by atoms with Crippen molar-refractivity contribution >= 4 is 23.1 Å². The molecule has 1 saturated heterocycles. The number of rotatable bonds is 4. The van der Waals surface area contributed by atoms with E-state index >= 15 is 0 Å². The highest BCUT2D eigenvalue weighted by Crippen LogP contribution is 2.37. The van der Waals surface area contributed by atoms with Gasteiger partial charge in [-0.2, -0.15) is 0 Å². The third-order valence-electron chi connectivity index (χ3n) is 4.16. The summed E-state index contributed by atoms with van der Waals surface area (Å²) in [7, 11) is 0. The number of hydrogen-bond donors (Lipinski definition) is 1. The molecule has 8 heteroatoms. The van der Waals surface area contributed by atoms with Crippen LogP contribution in [0.25, 0.3) is 0 Å². The van der Waals surface area contributed by atoms with Gasteiger partial charge in [0.15, 0.2) is 11.6 Å². The number of aromatic nitrogens is 2. The van der Waals surface area contributed by atoms with Gasteiger partial charge in [-0.1, -0.05) is 0 Å². The van der Waals surface area contributed by atoms with E-state index in [4.69, 9.17) is 4.74 Å². The number of carbonyl (C=O) groups excluding carboxylic acids is 1. The van der Waals surface area contributed by atoms with E-state index in [9.17, 15) is 9.18 Å². The highest BCUT2D eigenvalue weighted by Gasteiger charge is 2.26. The molecule has 1 N–H and O–H groups in total. The van der Waals surface area contributed by atoms with Gasteiger partial charge in [-0.3, -0.25) is 4.79 Å². The number of carbonyl (C=O) groups is 1. The maximum Gasteiger partial charge on any atom is 0.239 e. The Morgan fingerprint density at radius 2 is 2.12 bits per heavy atom. The number of fused-ring (bicyclic) bond motifs is 1. The van der Waals surface area contributed by atoms with Crippen LogP contribution in [0.1, 0.15) is 25.1 Å². The summed E-state index contributed by atoms with van der Waals surface area (Å²) in [6.45, 7) is 5.22. The van der Waals surface area contributed by atoms with E-state index in [1.807, 2.05) is 18.7 Å². The van der Waals surface area contributed by atoms with Gasteiger partial charge in [-0.25, -0.2) is 19.4 Å². The molecule has 0 atom stereocenters. The number of ether oxygens (including phenoxy) is 1. The lowest BCUT2D eigenvalue weighted by atomic mass is 9.98. The van der Waals surface area contributed by atoms with Crippen LogP contribution in [-0.4, -0.2) is 47.3 Å². The Balaban J connectivity index is 1.62. The smallest absolute Gasteiger partial charge is 0.239 e. The van der Waals surface area contributed by atoms with Gasteiger partial charge in [0.25, 0.3) is 0 Å².